The molecule has 0 saturated heterocycles. The van der Waals surface area contributed by atoms with E-state index < -0.39 is 12.7 Å². The van der Waals surface area contributed by atoms with Gasteiger partial charge in [-0.2, -0.15) is 13.2 Å². The van der Waals surface area contributed by atoms with Gasteiger partial charge in [0.15, 0.2) is 0 Å². The number of pyridine rings is 1. The average Bonchev–Trinajstić information content (AvgIpc) is 2.37. The van der Waals surface area contributed by atoms with Gasteiger partial charge in [-0.3, -0.25) is 4.98 Å². The number of rotatable bonds is 8. The Hall–Kier alpha value is -1.30. The highest BCUT2D eigenvalue weighted by Crippen LogP contribution is 2.22. The van der Waals surface area contributed by atoms with Gasteiger partial charge in [-0.1, -0.05) is 20.8 Å². The van der Waals surface area contributed by atoms with Crippen molar-refractivity contribution in [2.75, 3.05) is 24.5 Å². The third-order valence-electron chi connectivity index (χ3n) is 2.89. The van der Waals surface area contributed by atoms with Crippen molar-refractivity contribution in [3.05, 3.63) is 24.0 Å². The fourth-order valence-corrected chi connectivity index (χ4v) is 2.03. The van der Waals surface area contributed by atoms with E-state index in [0.29, 0.717) is 31.1 Å². The second kappa shape index (κ2) is 8.22. The lowest BCUT2D eigenvalue weighted by atomic mass is 10.2. The van der Waals surface area contributed by atoms with Crippen LogP contribution in [0.5, 0.6) is 0 Å². The third-order valence-corrected chi connectivity index (χ3v) is 2.89. The van der Waals surface area contributed by atoms with E-state index >= 15 is 0 Å². The summed E-state index contributed by atoms with van der Waals surface area (Å²) in [7, 11) is 0. The molecule has 0 fully saturated rings. The minimum atomic E-state index is -4.20. The normalized spacial score (nSPS) is 12.0. The van der Waals surface area contributed by atoms with E-state index in [2.05, 4.69) is 24.1 Å². The van der Waals surface area contributed by atoms with Crippen molar-refractivity contribution in [2.45, 2.75) is 39.9 Å². The maximum atomic E-state index is 12.6. The summed E-state index contributed by atoms with van der Waals surface area (Å²) in [6.07, 6.45) is -1.96. The Balaban J connectivity index is 2.74. The lowest BCUT2D eigenvalue weighted by Crippen LogP contribution is -2.35. The SMILES string of the molecule is CCCN(CC(F)(F)F)c1ccnc(CNCC(C)C)c1. The van der Waals surface area contributed by atoms with Gasteiger partial charge >= 0.3 is 6.18 Å². The Kier molecular flexibility index (Phi) is 6.95. The number of alkyl halides is 3. The molecule has 1 aromatic rings. The van der Waals surface area contributed by atoms with E-state index in [1.54, 1.807) is 18.3 Å². The first kappa shape index (κ1) is 17.8. The molecular weight excluding hydrogens is 279 g/mol. The summed E-state index contributed by atoms with van der Waals surface area (Å²) in [5.41, 5.74) is 1.34. The van der Waals surface area contributed by atoms with Crippen LogP contribution < -0.4 is 10.2 Å². The van der Waals surface area contributed by atoms with Gasteiger partial charge in [-0.25, -0.2) is 0 Å². The lowest BCUT2D eigenvalue weighted by Gasteiger charge is -2.25. The first-order valence-electron chi connectivity index (χ1n) is 7.29. The second-order valence-corrected chi connectivity index (χ2v) is 5.57. The summed E-state index contributed by atoms with van der Waals surface area (Å²) in [6.45, 7) is 6.94. The van der Waals surface area contributed by atoms with Crippen molar-refractivity contribution < 1.29 is 13.2 Å². The predicted molar refractivity (Wildman–Crippen MR) is 79.3 cm³/mol. The first-order chi connectivity index (χ1) is 9.81. The average molecular weight is 303 g/mol. The maximum absolute atomic E-state index is 12.6. The van der Waals surface area contributed by atoms with Crippen molar-refractivity contribution in [3.8, 4) is 0 Å². The molecule has 0 aromatic carbocycles. The second-order valence-electron chi connectivity index (χ2n) is 5.57. The minimum absolute atomic E-state index is 0.377. The molecule has 0 aliphatic heterocycles. The number of anilines is 1. The lowest BCUT2D eigenvalue weighted by molar-refractivity contribution is -0.119. The number of nitrogens with one attached hydrogen (secondary N) is 1. The van der Waals surface area contributed by atoms with Crippen molar-refractivity contribution in [1.82, 2.24) is 10.3 Å². The topological polar surface area (TPSA) is 28.2 Å². The highest BCUT2D eigenvalue weighted by Gasteiger charge is 2.30. The van der Waals surface area contributed by atoms with Gasteiger partial charge in [0.25, 0.3) is 0 Å². The minimum Gasteiger partial charge on any atom is -0.362 e. The van der Waals surface area contributed by atoms with Gasteiger partial charge in [0, 0.05) is 25.0 Å². The van der Waals surface area contributed by atoms with E-state index in [0.717, 1.165) is 12.2 Å². The summed E-state index contributed by atoms with van der Waals surface area (Å²) < 4.78 is 37.9. The Morgan fingerprint density at radius 1 is 1.33 bits per heavy atom. The van der Waals surface area contributed by atoms with Gasteiger partial charge in [-0.15, -0.1) is 0 Å². The monoisotopic (exact) mass is 303 g/mol. The van der Waals surface area contributed by atoms with Crippen LogP contribution in [0.4, 0.5) is 18.9 Å². The summed E-state index contributed by atoms with van der Waals surface area (Å²) >= 11 is 0. The third kappa shape index (κ3) is 7.32. The quantitative estimate of drug-likeness (QED) is 0.795. The molecule has 0 atom stereocenters. The molecule has 0 bridgehead atoms. The molecule has 1 heterocycles. The van der Waals surface area contributed by atoms with Crippen LogP contribution in [0.3, 0.4) is 0 Å². The first-order valence-corrected chi connectivity index (χ1v) is 7.29. The van der Waals surface area contributed by atoms with Crippen LogP contribution >= 0.6 is 0 Å². The molecular formula is C15H24F3N3. The zero-order valence-corrected chi connectivity index (χ0v) is 12.9. The fraction of sp³-hybridized carbons (Fsp3) is 0.667. The number of hydrogen-bond donors (Lipinski definition) is 1. The molecule has 0 spiro atoms. The van der Waals surface area contributed by atoms with Gasteiger partial charge in [-0.05, 0) is 31.0 Å². The van der Waals surface area contributed by atoms with Gasteiger partial charge < -0.3 is 10.2 Å². The molecule has 21 heavy (non-hydrogen) atoms. The van der Waals surface area contributed by atoms with E-state index in [-0.39, 0.29) is 0 Å². The van der Waals surface area contributed by atoms with E-state index in [1.807, 2.05) is 6.92 Å². The molecule has 3 nitrogen and oxygen atoms in total. The van der Waals surface area contributed by atoms with E-state index in [4.69, 9.17) is 0 Å². The molecule has 1 aromatic heterocycles. The Labute approximate surface area is 124 Å². The molecule has 1 rings (SSSR count). The summed E-state index contributed by atoms with van der Waals surface area (Å²) in [6, 6.07) is 3.36. The van der Waals surface area contributed by atoms with Crippen LogP contribution in [0.15, 0.2) is 18.3 Å². The number of nitrogens with zero attached hydrogens (tertiary/aromatic N) is 2. The zero-order chi connectivity index (χ0) is 15.9. The van der Waals surface area contributed by atoms with Crippen LogP contribution in [0.2, 0.25) is 0 Å². The van der Waals surface area contributed by atoms with Crippen LogP contribution in [-0.4, -0.2) is 30.8 Å². The predicted octanol–water partition coefficient (Wildman–Crippen LogP) is 3.61. The fourth-order valence-electron chi connectivity index (χ4n) is 2.03. The van der Waals surface area contributed by atoms with Crippen LogP contribution in [0, 0.1) is 5.92 Å². The Bertz CT molecular complexity index is 419. The highest BCUT2D eigenvalue weighted by molar-refractivity contribution is 5.46. The smallest absolute Gasteiger partial charge is 0.362 e. The van der Waals surface area contributed by atoms with Crippen LogP contribution in [0.1, 0.15) is 32.9 Å². The summed E-state index contributed by atoms with van der Waals surface area (Å²) in [5.74, 6) is 0.523. The molecule has 0 radical (unpaired) electrons. The molecule has 6 heteroatoms. The van der Waals surface area contributed by atoms with Gasteiger partial charge in [0.05, 0.1) is 5.69 Å². The molecule has 1 N–H and O–H groups in total. The van der Waals surface area contributed by atoms with Crippen molar-refractivity contribution in [3.63, 3.8) is 0 Å². The van der Waals surface area contributed by atoms with Crippen molar-refractivity contribution >= 4 is 5.69 Å². The largest absolute Gasteiger partial charge is 0.405 e. The standard InChI is InChI=1S/C15H24F3N3/c1-4-7-21(11-15(16,17)18)14-5-6-20-13(8-14)10-19-9-12(2)3/h5-6,8,12,19H,4,7,9-11H2,1-3H3. The molecule has 0 amide bonds. The van der Waals surface area contributed by atoms with Crippen molar-refractivity contribution in [2.24, 2.45) is 5.92 Å². The Morgan fingerprint density at radius 2 is 2.05 bits per heavy atom. The molecule has 0 saturated carbocycles. The highest BCUT2D eigenvalue weighted by atomic mass is 19.4. The molecule has 0 aliphatic rings. The van der Waals surface area contributed by atoms with E-state index in [1.165, 1.54) is 4.90 Å². The van der Waals surface area contributed by atoms with Crippen LogP contribution in [0.25, 0.3) is 0 Å². The van der Waals surface area contributed by atoms with Gasteiger partial charge in [0.1, 0.15) is 6.54 Å². The zero-order valence-electron chi connectivity index (χ0n) is 12.9. The number of aromatic nitrogens is 1. The molecule has 0 unspecified atom stereocenters. The maximum Gasteiger partial charge on any atom is 0.405 e. The Morgan fingerprint density at radius 3 is 2.62 bits per heavy atom. The van der Waals surface area contributed by atoms with Crippen LogP contribution in [-0.2, 0) is 6.54 Å². The number of halogens is 3. The number of hydrogen-bond acceptors (Lipinski definition) is 3. The van der Waals surface area contributed by atoms with Crippen molar-refractivity contribution in [1.29, 1.82) is 0 Å². The van der Waals surface area contributed by atoms with Gasteiger partial charge in [0.2, 0.25) is 0 Å². The summed E-state index contributed by atoms with van der Waals surface area (Å²) in [5, 5.41) is 3.24. The van der Waals surface area contributed by atoms with E-state index in [9.17, 15) is 13.2 Å². The molecule has 120 valence electrons. The summed E-state index contributed by atoms with van der Waals surface area (Å²) in [4.78, 5) is 5.56. The molecule has 0 aliphatic carbocycles.